The van der Waals surface area contributed by atoms with Crippen LogP contribution in [-0.4, -0.2) is 21.0 Å². The maximum Gasteiger partial charge on any atom is 0.287 e. The van der Waals surface area contributed by atoms with Crippen molar-refractivity contribution in [2.24, 2.45) is 4.99 Å². The van der Waals surface area contributed by atoms with Crippen molar-refractivity contribution in [1.82, 2.24) is 9.38 Å². The van der Waals surface area contributed by atoms with Gasteiger partial charge in [-0.3, -0.25) is 4.79 Å². The van der Waals surface area contributed by atoms with Crippen molar-refractivity contribution in [3.8, 4) is 6.07 Å². The standard InChI is InChI=1S/C14H10N4O/c1-9-12(6-11(7-15)14(19)17-9)10-2-3-13-16-4-5-18(13)8-10/h2-6,8,12H,1H3. The molecule has 1 aliphatic rings. The Morgan fingerprint density at radius 2 is 2.26 bits per heavy atom. The van der Waals surface area contributed by atoms with Crippen molar-refractivity contribution in [2.45, 2.75) is 12.8 Å². The van der Waals surface area contributed by atoms with Crippen molar-refractivity contribution in [3.05, 3.63) is 47.9 Å². The molecule has 0 fully saturated rings. The summed E-state index contributed by atoms with van der Waals surface area (Å²) >= 11 is 0. The number of carbonyl (C=O) groups is 1. The zero-order valence-electron chi connectivity index (χ0n) is 10.2. The zero-order chi connectivity index (χ0) is 13.4. The number of nitriles is 1. The number of carbonyl (C=O) groups excluding carboxylic acids is 1. The third-order valence-electron chi connectivity index (χ3n) is 3.18. The number of imidazole rings is 1. The minimum Gasteiger partial charge on any atom is -0.307 e. The molecular formula is C14H10N4O. The molecule has 0 saturated heterocycles. The van der Waals surface area contributed by atoms with Gasteiger partial charge in [-0.15, -0.1) is 0 Å². The molecule has 1 amide bonds. The Kier molecular flexibility index (Phi) is 2.50. The third-order valence-corrected chi connectivity index (χ3v) is 3.18. The van der Waals surface area contributed by atoms with Gasteiger partial charge in [-0.25, -0.2) is 9.98 Å². The fraction of sp³-hybridized carbons (Fsp3) is 0.143. The van der Waals surface area contributed by atoms with Crippen LogP contribution in [-0.2, 0) is 4.79 Å². The van der Waals surface area contributed by atoms with Gasteiger partial charge >= 0.3 is 0 Å². The molecule has 19 heavy (non-hydrogen) atoms. The largest absolute Gasteiger partial charge is 0.307 e. The van der Waals surface area contributed by atoms with E-state index in [1.165, 1.54) is 0 Å². The van der Waals surface area contributed by atoms with E-state index in [1.54, 1.807) is 19.2 Å². The monoisotopic (exact) mass is 250 g/mol. The second-order valence-corrected chi connectivity index (χ2v) is 4.38. The van der Waals surface area contributed by atoms with Crippen molar-refractivity contribution >= 4 is 17.3 Å². The normalized spacial score (nSPS) is 18.9. The van der Waals surface area contributed by atoms with E-state index < -0.39 is 5.91 Å². The summed E-state index contributed by atoms with van der Waals surface area (Å²) in [6.45, 7) is 1.80. The minimum atomic E-state index is -0.458. The lowest BCUT2D eigenvalue weighted by Crippen LogP contribution is -2.17. The van der Waals surface area contributed by atoms with E-state index in [9.17, 15) is 4.79 Å². The lowest BCUT2D eigenvalue weighted by Gasteiger charge is -2.17. The molecule has 0 spiro atoms. The SMILES string of the molecule is CC1=NC(=O)C(C#N)=CC1c1ccc2nccn2c1. The van der Waals surface area contributed by atoms with Crippen LogP contribution in [0.2, 0.25) is 0 Å². The average Bonchev–Trinajstić information content (AvgIpc) is 2.86. The van der Waals surface area contributed by atoms with Crippen molar-refractivity contribution in [2.75, 3.05) is 0 Å². The molecule has 0 N–H and O–H groups in total. The number of amides is 1. The highest BCUT2D eigenvalue weighted by Crippen LogP contribution is 2.25. The molecule has 0 aliphatic carbocycles. The van der Waals surface area contributed by atoms with Gasteiger partial charge in [0.05, 0.1) is 0 Å². The fourth-order valence-corrected chi connectivity index (χ4v) is 2.19. The number of hydrogen-bond donors (Lipinski definition) is 0. The Bertz CT molecular complexity index is 776. The summed E-state index contributed by atoms with van der Waals surface area (Å²) in [7, 11) is 0. The van der Waals surface area contributed by atoms with E-state index in [0.717, 1.165) is 11.2 Å². The molecule has 1 unspecified atom stereocenters. The summed E-state index contributed by atoms with van der Waals surface area (Å²) < 4.78 is 1.90. The Balaban J connectivity index is 2.10. The van der Waals surface area contributed by atoms with E-state index >= 15 is 0 Å². The highest BCUT2D eigenvalue weighted by Gasteiger charge is 2.22. The maximum absolute atomic E-state index is 11.5. The molecule has 3 heterocycles. The maximum atomic E-state index is 11.5. The number of hydrogen-bond acceptors (Lipinski definition) is 3. The van der Waals surface area contributed by atoms with Crippen LogP contribution >= 0.6 is 0 Å². The van der Waals surface area contributed by atoms with E-state index in [4.69, 9.17) is 5.26 Å². The third kappa shape index (κ3) is 1.83. The smallest absolute Gasteiger partial charge is 0.287 e. The Hall–Kier alpha value is -2.74. The zero-order valence-corrected chi connectivity index (χ0v) is 10.2. The molecule has 5 heteroatoms. The first-order valence-electron chi connectivity index (χ1n) is 5.83. The van der Waals surface area contributed by atoms with Crippen LogP contribution in [0.4, 0.5) is 0 Å². The second-order valence-electron chi connectivity index (χ2n) is 4.38. The quantitative estimate of drug-likeness (QED) is 0.775. The van der Waals surface area contributed by atoms with Crippen LogP contribution < -0.4 is 0 Å². The number of allylic oxidation sites excluding steroid dienone is 1. The van der Waals surface area contributed by atoms with Gasteiger partial charge in [0, 0.05) is 30.2 Å². The number of rotatable bonds is 1. The van der Waals surface area contributed by atoms with E-state index in [1.807, 2.05) is 35.0 Å². The second kappa shape index (κ2) is 4.18. The number of aromatic nitrogens is 2. The molecule has 1 atom stereocenters. The molecule has 0 aromatic carbocycles. The number of fused-ring (bicyclic) bond motifs is 1. The highest BCUT2D eigenvalue weighted by molar-refractivity contribution is 6.10. The number of aliphatic imine (C=N–C) groups is 1. The predicted octanol–water partition coefficient (Wildman–Crippen LogP) is 1.87. The summed E-state index contributed by atoms with van der Waals surface area (Å²) in [6.07, 6.45) is 7.19. The summed E-state index contributed by atoms with van der Waals surface area (Å²) in [4.78, 5) is 19.6. The molecule has 5 nitrogen and oxygen atoms in total. The van der Waals surface area contributed by atoms with Crippen LogP contribution in [0, 0.1) is 11.3 Å². The van der Waals surface area contributed by atoms with Gasteiger partial charge in [-0.05, 0) is 24.6 Å². The van der Waals surface area contributed by atoms with Crippen molar-refractivity contribution < 1.29 is 4.79 Å². The fourth-order valence-electron chi connectivity index (χ4n) is 2.19. The van der Waals surface area contributed by atoms with Crippen LogP contribution in [0.3, 0.4) is 0 Å². The summed E-state index contributed by atoms with van der Waals surface area (Å²) in [5.41, 5.74) is 2.63. The molecule has 92 valence electrons. The lowest BCUT2D eigenvalue weighted by atomic mass is 9.91. The Morgan fingerprint density at radius 1 is 1.42 bits per heavy atom. The van der Waals surface area contributed by atoms with Crippen LogP contribution in [0.1, 0.15) is 18.4 Å². The predicted molar refractivity (Wildman–Crippen MR) is 69.7 cm³/mol. The van der Waals surface area contributed by atoms with Gasteiger partial charge in [0.15, 0.2) is 0 Å². The number of dihydropyridines is 1. The summed E-state index contributed by atoms with van der Waals surface area (Å²) in [5.74, 6) is -0.598. The van der Waals surface area contributed by atoms with Gasteiger partial charge in [-0.1, -0.05) is 6.07 Å². The first-order chi connectivity index (χ1) is 9.19. The Morgan fingerprint density at radius 3 is 3.05 bits per heavy atom. The van der Waals surface area contributed by atoms with E-state index in [2.05, 4.69) is 9.98 Å². The molecule has 0 radical (unpaired) electrons. The molecule has 0 saturated carbocycles. The summed E-state index contributed by atoms with van der Waals surface area (Å²) in [6, 6.07) is 5.73. The van der Waals surface area contributed by atoms with Gasteiger partial charge in [0.2, 0.25) is 0 Å². The average molecular weight is 250 g/mol. The summed E-state index contributed by atoms with van der Waals surface area (Å²) in [5, 5.41) is 8.93. The van der Waals surface area contributed by atoms with Crippen LogP contribution in [0.5, 0.6) is 0 Å². The van der Waals surface area contributed by atoms with Crippen LogP contribution in [0.25, 0.3) is 5.65 Å². The minimum absolute atomic E-state index is 0.0985. The van der Waals surface area contributed by atoms with Gasteiger partial charge < -0.3 is 4.40 Å². The molecular weight excluding hydrogens is 240 g/mol. The molecule has 2 aromatic heterocycles. The van der Waals surface area contributed by atoms with E-state index in [-0.39, 0.29) is 11.5 Å². The first-order valence-corrected chi connectivity index (χ1v) is 5.83. The van der Waals surface area contributed by atoms with Gasteiger partial charge in [0.1, 0.15) is 17.3 Å². The van der Waals surface area contributed by atoms with Gasteiger partial charge in [-0.2, -0.15) is 5.26 Å². The lowest BCUT2D eigenvalue weighted by molar-refractivity contribution is -0.114. The topological polar surface area (TPSA) is 70.5 Å². The Labute approximate surface area is 109 Å². The highest BCUT2D eigenvalue weighted by atomic mass is 16.1. The van der Waals surface area contributed by atoms with Crippen molar-refractivity contribution in [3.63, 3.8) is 0 Å². The molecule has 3 rings (SSSR count). The van der Waals surface area contributed by atoms with E-state index in [0.29, 0.717) is 5.71 Å². The number of pyridine rings is 1. The van der Waals surface area contributed by atoms with Crippen LogP contribution in [0.15, 0.2) is 47.4 Å². The molecule has 2 aromatic rings. The van der Waals surface area contributed by atoms with Gasteiger partial charge in [0.25, 0.3) is 5.91 Å². The molecule has 1 aliphatic heterocycles. The first kappa shape index (κ1) is 11.4. The molecule has 0 bridgehead atoms. The number of nitrogens with zero attached hydrogens (tertiary/aromatic N) is 4. The van der Waals surface area contributed by atoms with Crippen molar-refractivity contribution in [1.29, 1.82) is 5.26 Å².